The van der Waals surface area contributed by atoms with Crippen LogP contribution in [0.1, 0.15) is 19.3 Å². The zero-order valence-corrected chi connectivity index (χ0v) is 14.8. The van der Waals surface area contributed by atoms with Crippen molar-refractivity contribution in [1.29, 1.82) is 0 Å². The van der Waals surface area contributed by atoms with E-state index in [0.717, 1.165) is 4.47 Å². The number of carbonyl (C=O) groups is 1. The Labute approximate surface area is 146 Å². The van der Waals surface area contributed by atoms with Crippen molar-refractivity contribution >= 4 is 39.3 Å². The zero-order valence-electron chi connectivity index (χ0n) is 12.4. The number of halogens is 4. The Morgan fingerprint density at radius 2 is 2.04 bits per heavy atom. The zero-order chi connectivity index (χ0) is 16.6. The van der Waals surface area contributed by atoms with Crippen molar-refractivity contribution in [2.45, 2.75) is 25.2 Å². The van der Waals surface area contributed by atoms with E-state index in [1.165, 1.54) is 0 Å². The highest BCUT2D eigenvalue weighted by Crippen LogP contribution is 2.32. The molecular formula is C15H17BrClF2N3O. The molecule has 2 aliphatic heterocycles. The minimum absolute atomic E-state index is 0.0313. The van der Waals surface area contributed by atoms with Crippen molar-refractivity contribution in [3.05, 3.63) is 21.8 Å². The summed E-state index contributed by atoms with van der Waals surface area (Å²) in [6.45, 7) is 1.49. The first-order valence-corrected chi connectivity index (χ1v) is 8.75. The van der Waals surface area contributed by atoms with Gasteiger partial charge in [0.25, 0.3) is 5.92 Å². The van der Waals surface area contributed by atoms with Crippen molar-refractivity contribution in [2.24, 2.45) is 5.92 Å². The Morgan fingerprint density at radius 3 is 2.70 bits per heavy atom. The van der Waals surface area contributed by atoms with Gasteiger partial charge in [-0.05, 0) is 28.4 Å². The molecular weight excluding hydrogens is 392 g/mol. The molecule has 1 amide bonds. The number of alkyl halides is 2. The van der Waals surface area contributed by atoms with E-state index < -0.39 is 5.92 Å². The Bertz CT molecular complexity index is 606. The molecule has 0 radical (unpaired) electrons. The van der Waals surface area contributed by atoms with Gasteiger partial charge in [0.05, 0.1) is 10.9 Å². The molecule has 0 N–H and O–H groups in total. The summed E-state index contributed by atoms with van der Waals surface area (Å²) in [5, 5.41) is 0.532. The molecule has 1 unspecified atom stereocenters. The number of pyridine rings is 1. The van der Waals surface area contributed by atoms with Crippen LogP contribution in [0.15, 0.2) is 16.7 Å². The van der Waals surface area contributed by atoms with Gasteiger partial charge < -0.3 is 9.80 Å². The number of aromatic nitrogens is 1. The summed E-state index contributed by atoms with van der Waals surface area (Å²) in [4.78, 5) is 20.4. The second-order valence-electron chi connectivity index (χ2n) is 6.07. The number of likely N-dealkylation sites (tertiary alicyclic amines) is 1. The number of anilines is 1. The molecule has 2 saturated heterocycles. The van der Waals surface area contributed by atoms with Crippen LogP contribution >= 0.6 is 27.5 Å². The van der Waals surface area contributed by atoms with Crippen molar-refractivity contribution in [2.75, 3.05) is 31.1 Å². The van der Waals surface area contributed by atoms with E-state index in [9.17, 15) is 13.6 Å². The van der Waals surface area contributed by atoms with Crippen molar-refractivity contribution in [1.82, 2.24) is 9.88 Å². The maximum atomic E-state index is 13.2. The van der Waals surface area contributed by atoms with Crippen LogP contribution in [0.2, 0.25) is 5.02 Å². The number of piperidine rings is 1. The number of nitrogens with zero attached hydrogens (tertiary/aromatic N) is 3. The van der Waals surface area contributed by atoms with E-state index in [2.05, 4.69) is 20.9 Å². The molecule has 3 heterocycles. The third-order valence-corrected chi connectivity index (χ3v) is 5.14. The summed E-state index contributed by atoms with van der Waals surface area (Å²) < 4.78 is 27.2. The first-order valence-electron chi connectivity index (χ1n) is 7.58. The van der Waals surface area contributed by atoms with E-state index in [1.807, 2.05) is 4.90 Å². The second-order valence-corrected chi connectivity index (χ2v) is 7.39. The van der Waals surface area contributed by atoms with Crippen molar-refractivity contribution in [3.63, 3.8) is 0 Å². The Hall–Kier alpha value is -0.950. The second kappa shape index (κ2) is 6.51. The van der Waals surface area contributed by atoms with E-state index >= 15 is 0 Å². The lowest BCUT2D eigenvalue weighted by Gasteiger charge is -2.33. The van der Waals surface area contributed by atoms with Crippen LogP contribution in [0.25, 0.3) is 0 Å². The molecule has 0 bridgehead atoms. The highest BCUT2D eigenvalue weighted by atomic mass is 79.9. The Morgan fingerprint density at radius 1 is 1.35 bits per heavy atom. The fourth-order valence-electron chi connectivity index (χ4n) is 3.11. The average Bonchev–Trinajstić information content (AvgIpc) is 2.96. The van der Waals surface area contributed by atoms with Crippen LogP contribution < -0.4 is 4.90 Å². The number of hydrogen-bond donors (Lipinski definition) is 0. The lowest BCUT2D eigenvalue weighted by Crippen LogP contribution is -2.45. The lowest BCUT2D eigenvalue weighted by molar-refractivity contribution is -0.140. The van der Waals surface area contributed by atoms with E-state index in [4.69, 9.17) is 11.6 Å². The molecule has 2 aliphatic rings. The molecule has 0 aromatic carbocycles. The van der Waals surface area contributed by atoms with Gasteiger partial charge in [0.2, 0.25) is 5.91 Å². The van der Waals surface area contributed by atoms with Gasteiger partial charge >= 0.3 is 0 Å². The molecule has 4 nitrogen and oxygen atoms in total. The van der Waals surface area contributed by atoms with Gasteiger partial charge in [-0.15, -0.1) is 0 Å². The molecule has 0 aliphatic carbocycles. The SMILES string of the molecule is O=C(C1CCN(c2ncc(Br)cc2Cl)C1)N1CCC(F)(F)CC1. The monoisotopic (exact) mass is 407 g/mol. The predicted octanol–water partition coefficient (Wildman–Crippen LogP) is 3.58. The summed E-state index contributed by atoms with van der Waals surface area (Å²) in [5.41, 5.74) is 0. The van der Waals surface area contributed by atoms with Gasteiger partial charge in [-0.25, -0.2) is 13.8 Å². The fraction of sp³-hybridized carbons (Fsp3) is 0.600. The van der Waals surface area contributed by atoms with Crippen LogP contribution in [0.5, 0.6) is 0 Å². The summed E-state index contributed by atoms with van der Waals surface area (Å²) in [5.74, 6) is -2.18. The van der Waals surface area contributed by atoms with Gasteiger partial charge in [0, 0.05) is 49.7 Å². The van der Waals surface area contributed by atoms with E-state index in [-0.39, 0.29) is 37.8 Å². The normalized spacial score (nSPS) is 24.1. The predicted molar refractivity (Wildman–Crippen MR) is 88.0 cm³/mol. The summed E-state index contributed by atoms with van der Waals surface area (Å²) in [6, 6.07) is 1.77. The third-order valence-electron chi connectivity index (χ3n) is 4.43. The summed E-state index contributed by atoms with van der Waals surface area (Å²) in [6.07, 6.45) is 1.88. The fourth-order valence-corrected chi connectivity index (χ4v) is 3.86. The molecule has 1 atom stereocenters. The average molecular weight is 409 g/mol. The molecule has 23 heavy (non-hydrogen) atoms. The maximum absolute atomic E-state index is 13.2. The molecule has 2 fully saturated rings. The molecule has 0 saturated carbocycles. The van der Waals surface area contributed by atoms with Crippen molar-refractivity contribution < 1.29 is 13.6 Å². The molecule has 1 aromatic heterocycles. The lowest BCUT2D eigenvalue weighted by atomic mass is 10.0. The van der Waals surface area contributed by atoms with Crippen LogP contribution in [0.4, 0.5) is 14.6 Å². The smallest absolute Gasteiger partial charge is 0.251 e. The topological polar surface area (TPSA) is 36.4 Å². The van der Waals surface area contributed by atoms with Gasteiger partial charge in [-0.2, -0.15) is 0 Å². The molecule has 126 valence electrons. The highest BCUT2D eigenvalue weighted by Gasteiger charge is 2.39. The Balaban J connectivity index is 1.62. The van der Waals surface area contributed by atoms with Gasteiger partial charge in [0.15, 0.2) is 0 Å². The van der Waals surface area contributed by atoms with E-state index in [1.54, 1.807) is 17.2 Å². The van der Waals surface area contributed by atoms with Crippen LogP contribution in [0.3, 0.4) is 0 Å². The number of rotatable bonds is 2. The molecule has 1 aromatic rings. The van der Waals surface area contributed by atoms with Crippen LogP contribution in [-0.4, -0.2) is 47.9 Å². The third kappa shape index (κ3) is 3.76. The van der Waals surface area contributed by atoms with Gasteiger partial charge in [-0.1, -0.05) is 11.6 Å². The summed E-state index contributed by atoms with van der Waals surface area (Å²) in [7, 11) is 0. The first-order chi connectivity index (χ1) is 10.9. The first kappa shape index (κ1) is 16.9. The molecule has 0 spiro atoms. The van der Waals surface area contributed by atoms with Crippen LogP contribution in [-0.2, 0) is 4.79 Å². The quantitative estimate of drug-likeness (QED) is 0.750. The molecule has 8 heteroatoms. The number of amides is 1. The largest absolute Gasteiger partial charge is 0.355 e. The number of carbonyl (C=O) groups excluding carboxylic acids is 1. The van der Waals surface area contributed by atoms with Gasteiger partial charge in [0.1, 0.15) is 5.82 Å². The minimum Gasteiger partial charge on any atom is -0.355 e. The number of hydrogen-bond acceptors (Lipinski definition) is 3. The Kier molecular flexibility index (Phi) is 4.78. The van der Waals surface area contributed by atoms with Crippen molar-refractivity contribution in [3.8, 4) is 0 Å². The highest BCUT2D eigenvalue weighted by molar-refractivity contribution is 9.10. The maximum Gasteiger partial charge on any atom is 0.251 e. The van der Waals surface area contributed by atoms with Crippen LogP contribution in [0, 0.1) is 5.92 Å². The standard InChI is InChI=1S/C15H17BrClF2N3O/c16-11-7-12(17)13(20-8-11)22-4-1-10(9-22)14(23)21-5-2-15(18,19)3-6-21/h7-8,10H,1-6,9H2. The minimum atomic E-state index is -2.63. The molecule has 3 rings (SSSR count). The van der Waals surface area contributed by atoms with E-state index in [0.29, 0.717) is 30.4 Å². The summed E-state index contributed by atoms with van der Waals surface area (Å²) >= 11 is 9.52. The van der Waals surface area contributed by atoms with Gasteiger partial charge in [-0.3, -0.25) is 4.79 Å².